The second kappa shape index (κ2) is 6.91. The highest BCUT2D eigenvalue weighted by atomic mass is 19.2. The molecule has 0 bridgehead atoms. The van der Waals surface area contributed by atoms with Crippen molar-refractivity contribution in [2.24, 2.45) is 5.41 Å². The number of halogens is 2. The van der Waals surface area contributed by atoms with Gasteiger partial charge in [0.15, 0.2) is 17.4 Å². The van der Waals surface area contributed by atoms with Gasteiger partial charge in [0.25, 0.3) is 0 Å². The van der Waals surface area contributed by atoms with Crippen molar-refractivity contribution in [2.75, 3.05) is 6.54 Å². The zero-order valence-electron chi connectivity index (χ0n) is 16.0. The molecule has 6 heteroatoms. The number of nitrogens with one attached hydrogen (secondary N) is 2. The van der Waals surface area contributed by atoms with Crippen LogP contribution < -0.4 is 10.6 Å². The molecule has 1 atom stereocenters. The Morgan fingerprint density at radius 2 is 2.00 bits per heavy atom. The summed E-state index contributed by atoms with van der Waals surface area (Å²) in [6, 6.07) is 3.87. The Balaban J connectivity index is 2.24. The van der Waals surface area contributed by atoms with Crippen LogP contribution >= 0.6 is 0 Å². The van der Waals surface area contributed by atoms with Crippen molar-refractivity contribution in [1.82, 2.24) is 10.6 Å². The molecule has 0 spiro atoms. The standard InChI is InChI=1S/C21H24F2N2O2/c1-5-24-20(27)16-11(2)25-14-9-21(3,4)10-15(26)18(14)17(16)12-7-6-8-13(22)19(12)23/h6-8,17,25H,5,9-10H2,1-4H3,(H,24,27). The van der Waals surface area contributed by atoms with Gasteiger partial charge in [0, 0.05) is 47.0 Å². The molecule has 1 aliphatic heterocycles. The van der Waals surface area contributed by atoms with Crippen molar-refractivity contribution in [1.29, 1.82) is 0 Å². The van der Waals surface area contributed by atoms with Crippen LogP contribution in [-0.4, -0.2) is 18.2 Å². The number of hydrogen-bond acceptors (Lipinski definition) is 3. The number of carbonyl (C=O) groups excluding carboxylic acids is 2. The summed E-state index contributed by atoms with van der Waals surface area (Å²) in [6.45, 7) is 7.88. The van der Waals surface area contributed by atoms with Crippen LogP contribution in [0.5, 0.6) is 0 Å². The third kappa shape index (κ3) is 3.40. The number of dihydropyridines is 1. The lowest BCUT2D eigenvalue weighted by molar-refractivity contribution is -0.118. The highest BCUT2D eigenvalue weighted by Crippen LogP contribution is 2.47. The number of rotatable bonds is 3. The van der Waals surface area contributed by atoms with Crippen molar-refractivity contribution >= 4 is 11.7 Å². The van der Waals surface area contributed by atoms with Gasteiger partial charge in [0.2, 0.25) is 5.91 Å². The minimum absolute atomic E-state index is 0.0117. The first-order valence-corrected chi connectivity index (χ1v) is 9.12. The van der Waals surface area contributed by atoms with Gasteiger partial charge < -0.3 is 10.6 Å². The Kier molecular flexibility index (Phi) is 4.93. The molecular weight excluding hydrogens is 350 g/mol. The molecule has 0 aromatic heterocycles. The number of benzene rings is 1. The predicted molar refractivity (Wildman–Crippen MR) is 98.7 cm³/mol. The van der Waals surface area contributed by atoms with Crippen molar-refractivity contribution in [2.45, 2.75) is 46.5 Å². The van der Waals surface area contributed by atoms with E-state index >= 15 is 0 Å². The summed E-state index contributed by atoms with van der Waals surface area (Å²) in [4.78, 5) is 25.7. The van der Waals surface area contributed by atoms with E-state index in [1.165, 1.54) is 12.1 Å². The number of allylic oxidation sites excluding steroid dienone is 3. The molecule has 2 N–H and O–H groups in total. The first kappa shape index (κ1) is 19.3. The molecule has 4 nitrogen and oxygen atoms in total. The molecule has 1 aromatic carbocycles. The lowest BCUT2D eigenvalue weighted by atomic mass is 9.68. The van der Waals surface area contributed by atoms with Gasteiger partial charge in [-0.2, -0.15) is 0 Å². The Hall–Kier alpha value is -2.50. The minimum Gasteiger partial charge on any atom is -0.362 e. The molecule has 144 valence electrons. The molecule has 1 unspecified atom stereocenters. The minimum atomic E-state index is -1.02. The van der Waals surface area contributed by atoms with Crippen LogP contribution in [0.2, 0.25) is 0 Å². The highest BCUT2D eigenvalue weighted by Gasteiger charge is 2.43. The van der Waals surface area contributed by atoms with Gasteiger partial charge in [-0.15, -0.1) is 0 Å². The third-order valence-corrected chi connectivity index (χ3v) is 5.11. The summed E-state index contributed by atoms with van der Waals surface area (Å²) < 4.78 is 28.6. The molecule has 0 fully saturated rings. The molecule has 1 aromatic rings. The number of hydrogen-bond donors (Lipinski definition) is 2. The average Bonchev–Trinajstić information content (AvgIpc) is 2.55. The number of carbonyl (C=O) groups is 2. The van der Waals surface area contributed by atoms with E-state index in [0.717, 1.165) is 6.07 Å². The molecule has 1 aliphatic carbocycles. The number of ketones is 1. The summed E-state index contributed by atoms with van der Waals surface area (Å²) >= 11 is 0. The van der Waals surface area contributed by atoms with Crippen molar-refractivity contribution < 1.29 is 18.4 Å². The Labute approximate surface area is 157 Å². The molecule has 0 radical (unpaired) electrons. The van der Waals surface area contributed by atoms with E-state index in [-0.39, 0.29) is 28.2 Å². The second-order valence-corrected chi connectivity index (χ2v) is 7.93. The smallest absolute Gasteiger partial charge is 0.249 e. The molecular formula is C21H24F2N2O2. The van der Waals surface area contributed by atoms with Gasteiger partial charge in [-0.1, -0.05) is 26.0 Å². The van der Waals surface area contributed by atoms with E-state index in [1.54, 1.807) is 13.8 Å². The van der Waals surface area contributed by atoms with Crippen molar-refractivity contribution in [3.8, 4) is 0 Å². The summed E-state index contributed by atoms with van der Waals surface area (Å²) in [7, 11) is 0. The van der Waals surface area contributed by atoms with E-state index in [0.29, 0.717) is 36.4 Å². The van der Waals surface area contributed by atoms with E-state index in [2.05, 4.69) is 10.6 Å². The molecule has 2 aliphatic rings. The maximum absolute atomic E-state index is 14.7. The number of likely N-dealkylation sites (N-methyl/N-ethyl adjacent to an activating group) is 1. The molecule has 3 rings (SSSR count). The van der Waals surface area contributed by atoms with Crippen LogP contribution in [0.4, 0.5) is 8.78 Å². The lowest BCUT2D eigenvalue weighted by Gasteiger charge is -2.39. The summed E-state index contributed by atoms with van der Waals surface area (Å²) in [5.41, 5.74) is 1.64. The predicted octanol–water partition coefficient (Wildman–Crippen LogP) is 3.70. The normalized spacial score (nSPS) is 21.7. The molecule has 27 heavy (non-hydrogen) atoms. The first-order chi connectivity index (χ1) is 12.7. The van der Waals surface area contributed by atoms with E-state index in [1.807, 2.05) is 13.8 Å². The number of Topliss-reactive ketones (excluding diaryl/α,β-unsaturated/α-hetero) is 1. The zero-order chi connectivity index (χ0) is 19.9. The van der Waals surface area contributed by atoms with Crippen molar-refractivity contribution in [3.05, 3.63) is 57.9 Å². The van der Waals surface area contributed by atoms with Gasteiger partial charge in [-0.3, -0.25) is 9.59 Å². The highest BCUT2D eigenvalue weighted by molar-refractivity contribution is 6.05. The Morgan fingerprint density at radius 3 is 2.67 bits per heavy atom. The van der Waals surface area contributed by atoms with Gasteiger partial charge in [-0.25, -0.2) is 8.78 Å². The van der Waals surface area contributed by atoms with Crippen LogP contribution in [0.15, 0.2) is 40.7 Å². The van der Waals surface area contributed by atoms with Gasteiger partial charge in [0.1, 0.15) is 0 Å². The molecule has 0 saturated heterocycles. The summed E-state index contributed by atoms with van der Waals surface area (Å²) in [6.07, 6.45) is 0.893. The number of amides is 1. The fraction of sp³-hybridized carbons (Fsp3) is 0.429. The van der Waals surface area contributed by atoms with Crippen LogP contribution in [0.25, 0.3) is 0 Å². The summed E-state index contributed by atoms with van der Waals surface area (Å²) in [5, 5.41) is 5.91. The van der Waals surface area contributed by atoms with Crippen LogP contribution in [0.1, 0.15) is 52.0 Å². The van der Waals surface area contributed by atoms with Crippen molar-refractivity contribution in [3.63, 3.8) is 0 Å². The van der Waals surface area contributed by atoms with Crippen LogP contribution in [-0.2, 0) is 9.59 Å². The van der Waals surface area contributed by atoms with Crippen LogP contribution in [0, 0.1) is 17.0 Å². The lowest BCUT2D eigenvalue weighted by Crippen LogP contribution is -2.40. The van der Waals surface area contributed by atoms with Crippen LogP contribution in [0.3, 0.4) is 0 Å². The summed E-state index contributed by atoms with van der Waals surface area (Å²) in [5.74, 6) is -3.47. The second-order valence-electron chi connectivity index (χ2n) is 7.93. The average molecular weight is 374 g/mol. The Bertz CT molecular complexity index is 884. The maximum Gasteiger partial charge on any atom is 0.249 e. The topological polar surface area (TPSA) is 58.2 Å². The fourth-order valence-electron chi connectivity index (χ4n) is 4.05. The van der Waals surface area contributed by atoms with Gasteiger partial charge in [0.05, 0.1) is 0 Å². The van der Waals surface area contributed by atoms with E-state index in [9.17, 15) is 18.4 Å². The Morgan fingerprint density at radius 1 is 1.30 bits per heavy atom. The molecule has 1 amide bonds. The monoisotopic (exact) mass is 374 g/mol. The molecule has 1 heterocycles. The largest absolute Gasteiger partial charge is 0.362 e. The van der Waals surface area contributed by atoms with Gasteiger partial charge in [-0.05, 0) is 31.7 Å². The maximum atomic E-state index is 14.7. The quantitative estimate of drug-likeness (QED) is 0.848. The fourth-order valence-corrected chi connectivity index (χ4v) is 4.05. The molecule has 0 saturated carbocycles. The van der Waals surface area contributed by atoms with Gasteiger partial charge >= 0.3 is 0 Å². The van der Waals surface area contributed by atoms with E-state index in [4.69, 9.17) is 0 Å². The zero-order valence-corrected chi connectivity index (χ0v) is 16.0. The van der Waals surface area contributed by atoms with E-state index < -0.39 is 17.6 Å². The third-order valence-electron chi connectivity index (χ3n) is 5.11. The first-order valence-electron chi connectivity index (χ1n) is 9.12. The SMILES string of the molecule is CCNC(=O)C1=C(C)NC2=C(C(=O)CC(C)(C)C2)C1c1cccc(F)c1F.